The first kappa shape index (κ1) is 11.0. The summed E-state index contributed by atoms with van der Waals surface area (Å²) in [5, 5.41) is 8.82. The fourth-order valence-corrected chi connectivity index (χ4v) is 2.34. The molecule has 0 heterocycles. The highest BCUT2D eigenvalue weighted by Gasteiger charge is 2.24. The summed E-state index contributed by atoms with van der Waals surface area (Å²) >= 11 is 0. The molecule has 0 saturated heterocycles. The van der Waals surface area contributed by atoms with E-state index in [4.69, 9.17) is 5.11 Å². The molecule has 76 valence electrons. The van der Waals surface area contributed by atoms with Crippen molar-refractivity contribution in [2.45, 2.75) is 6.92 Å². The van der Waals surface area contributed by atoms with Gasteiger partial charge in [0.25, 0.3) is 0 Å². The van der Waals surface area contributed by atoms with E-state index in [2.05, 4.69) is 0 Å². The third kappa shape index (κ3) is 2.03. The summed E-state index contributed by atoms with van der Waals surface area (Å²) < 4.78 is 11.6. The zero-order chi connectivity index (χ0) is 10.8. The molecule has 0 aliphatic rings. The second-order valence-electron chi connectivity index (χ2n) is 2.84. The van der Waals surface area contributed by atoms with Gasteiger partial charge >= 0.3 is 5.97 Å². The highest BCUT2D eigenvalue weighted by molar-refractivity contribution is 7.66. The van der Waals surface area contributed by atoms with Gasteiger partial charge < -0.3 is 10.00 Å². The van der Waals surface area contributed by atoms with E-state index >= 15 is 0 Å². The summed E-state index contributed by atoms with van der Waals surface area (Å²) in [6.07, 6.45) is 0.0390. The van der Waals surface area contributed by atoms with Crippen molar-refractivity contribution in [3.05, 3.63) is 29.8 Å². The Hall–Kier alpha value is -1.12. The Labute approximate surface area is 81.7 Å². The molecule has 0 radical (unpaired) electrons. The van der Waals surface area contributed by atoms with Crippen molar-refractivity contribution < 1.29 is 19.4 Å². The lowest BCUT2D eigenvalue weighted by molar-refractivity contribution is 0.0698. The van der Waals surface area contributed by atoms with E-state index in [9.17, 15) is 14.3 Å². The molecule has 0 amide bonds. The molecular weight excluding hydrogens is 203 g/mol. The lowest BCUT2D eigenvalue weighted by atomic mass is 10.2. The van der Waals surface area contributed by atoms with Crippen molar-refractivity contribution in [2.24, 2.45) is 0 Å². The van der Waals surface area contributed by atoms with Gasteiger partial charge in [-0.15, -0.1) is 0 Å². The largest absolute Gasteiger partial charge is 0.478 e. The molecule has 0 saturated carbocycles. The Kier molecular flexibility index (Phi) is 3.09. The number of hydrogen-bond donors (Lipinski definition) is 2. The fraction of sp³-hybridized carbons (Fsp3) is 0.222. The van der Waals surface area contributed by atoms with Crippen molar-refractivity contribution in [2.75, 3.05) is 6.16 Å². The molecular formula is C9H11O4P. The van der Waals surface area contributed by atoms with Crippen molar-refractivity contribution in [1.29, 1.82) is 0 Å². The summed E-state index contributed by atoms with van der Waals surface area (Å²) in [5.41, 5.74) is -0.0971. The van der Waals surface area contributed by atoms with E-state index in [1.165, 1.54) is 18.2 Å². The Morgan fingerprint density at radius 1 is 1.43 bits per heavy atom. The number of carboxylic acids is 1. The Morgan fingerprint density at radius 2 is 2.00 bits per heavy atom. The van der Waals surface area contributed by atoms with Crippen molar-refractivity contribution in [3.63, 3.8) is 0 Å². The molecule has 1 aromatic carbocycles. The van der Waals surface area contributed by atoms with Gasteiger partial charge in [0, 0.05) is 6.16 Å². The molecule has 0 aliphatic carbocycles. The SMILES string of the molecule is CCP(=O)(O)c1ccccc1C(=O)O. The number of carboxylic acid groups (broad SMARTS) is 1. The minimum absolute atomic E-state index is 0.0231. The van der Waals surface area contributed by atoms with Gasteiger partial charge in [-0.25, -0.2) is 4.79 Å². The van der Waals surface area contributed by atoms with E-state index in [0.29, 0.717) is 0 Å². The van der Waals surface area contributed by atoms with Gasteiger partial charge in [-0.05, 0) is 12.1 Å². The van der Waals surface area contributed by atoms with E-state index < -0.39 is 13.3 Å². The predicted octanol–water partition coefficient (Wildman–Crippen LogP) is 1.30. The molecule has 0 bridgehead atoms. The van der Waals surface area contributed by atoms with Crippen LogP contribution < -0.4 is 5.30 Å². The van der Waals surface area contributed by atoms with Crippen LogP contribution in [0.25, 0.3) is 0 Å². The molecule has 14 heavy (non-hydrogen) atoms. The molecule has 0 aliphatic heterocycles. The zero-order valence-corrected chi connectivity index (χ0v) is 8.57. The van der Waals surface area contributed by atoms with E-state index in [-0.39, 0.29) is 17.0 Å². The molecule has 1 atom stereocenters. The quantitative estimate of drug-likeness (QED) is 0.743. The minimum atomic E-state index is -3.50. The summed E-state index contributed by atoms with van der Waals surface area (Å²) in [4.78, 5) is 20.3. The van der Waals surface area contributed by atoms with Crippen LogP contribution in [0.5, 0.6) is 0 Å². The number of benzene rings is 1. The zero-order valence-electron chi connectivity index (χ0n) is 7.67. The van der Waals surface area contributed by atoms with Gasteiger partial charge in [0.15, 0.2) is 0 Å². The Morgan fingerprint density at radius 3 is 2.50 bits per heavy atom. The molecule has 0 aromatic heterocycles. The van der Waals surface area contributed by atoms with Crippen LogP contribution >= 0.6 is 7.37 Å². The molecule has 2 N–H and O–H groups in total. The second-order valence-corrected chi connectivity index (χ2v) is 5.36. The molecule has 1 unspecified atom stereocenters. The van der Waals surface area contributed by atoms with Gasteiger partial charge in [-0.2, -0.15) is 0 Å². The van der Waals surface area contributed by atoms with Crippen molar-refractivity contribution in [3.8, 4) is 0 Å². The highest BCUT2D eigenvalue weighted by Crippen LogP contribution is 2.39. The van der Waals surface area contributed by atoms with Gasteiger partial charge in [0.2, 0.25) is 7.37 Å². The van der Waals surface area contributed by atoms with E-state index in [1.807, 2.05) is 0 Å². The molecule has 0 spiro atoms. The lowest BCUT2D eigenvalue weighted by Gasteiger charge is -2.11. The Bertz CT molecular complexity index is 400. The first-order valence-corrected chi connectivity index (χ1v) is 5.98. The first-order valence-electron chi connectivity index (χ1n) is 4.13. The number of carbonyl (C=O) groups is 1. The summed E-state index contributed by atoms with van der Waals surface area (Å²) in [6.45, 7) is 1.55. The maximum Gasteiger partial charge on any atom is 0.336 e. The average Bonchev–Trinajstić information content (AvgIpc) is 2.18. The van der Waals surface area contributed by atoms with Crippen LogP contribution in [0.4, 0.5) is 0 Å². The van der Waals surface area contributed by atoms with Crippen molar-refractivity contribution >= 4 is 18.6 Å². The van der Waals surface area contributed by atoms with Crippen LogP contribution in [0.1, 0.15) is 17.3 Å². The van der Waals surface area contributed by atoms with Gasteiger partial charge in [0.05, 0.1) is 10.9 Å². The topological polar surface area (TPSA) is 74.6 Å². The van der Waals surface area contributed by atoms with Crippen LogP contribution in [0, 0.1) is 0 Å². The molecule has 5 heteroatoms. The van der Waals surface area contributed by atoms with E-state index in [1.54, 1.807) is 13.0 Å². The smallest absolute Gasteiger partial charge is 0.336 e. The van der Waals surface area contributed by atoms with Crippen LogP contribution in [0.3, 0.4) is 0 Å². The van der Waals surface area contributed by atoms with Gasteiger partial charge in [-0.3, -0.25) is 4.57 Å². The maximum atomic E-state index is 11.6. The second kappa shape index (κ2) is 3.95. The molecule has 4 nitrogen and oxygen atoms in total. The summed E-state index contributed by atoms with van der Waals surface area (Å²) in [7, 11) is -3.50. The van der Waals surface area contributed by atoms with Crippen LogP contribution in [-0.2, 0) is 4.57 Å². The summed E-state index contributed by atoms with van der Waals surface area (Å²) in [5.74, 6) is -1.18. The maximum absolute atomic E-state index is 11.6. The van der Waals surface area contributed by atoms with Crippen LogP contribution in [0.15, 0.2) is 24.3 Å². The van der Waals surface area contributed by atoms with E-state index in [0.717, 1.165) is 0 Å². The molecule has 1 aromatic rings. The summed E-state index contributed by atoms with van der Waals surface area (Å²) in [6, 6.07) is 5.80. The van der Waals surface area contributed by atoms with Gasteiger partial charge in [0.1, 0.15) is 0 Å². The van der Waals surface area contributed by atoms with Gasteiger partial charge in [-0.1, -0.05) is 19.1 Å². The highest BCUT2D eigenvalue weighted by atomic mass is 31.2. The number of aromatic carboxylic acids is 1. The molecule has 0 fully saturated rings. The van der Waals surface area contributed by atoms with Crippen molar-refractivity contribution in [1.82, 2.24) is 0 Å². The van der Waals surface area contributed by atoms with Crippen LogP contribution in [-0.4, -0.2) is 22.1 Å². The predicted molar refractivity (Wildman–Crippen MR) is 53.4 cm³/mol. The first-order chi connectivity index (χ1) is 6.49. The average molecular weight is 214 g/mol. The minimum Gasteiger partial charge on any atom is -0.478 e. The molecule has 1 rings (SSSR count). The standard InChI is InChI=1S/C9H11O4P/c1-2-14(12,13)8-6-4-3-5-7(8)9(10)11/h3-6H,2H2,1H3,(H,10,11)(H,12,13). The fourth-order valence-electron chi connectivity index (χ4n) is 1.13. The number of hydrogen-bond acceptors (Lipinski definition) is 2. The monoisotopic (exact) mass is 214 g/mol. The third-order valence-electron chi connectivity index (χ3n) is 1.94. The van der Waals surface area contributed by atoms with Crippen LogP contribution in [0.2, 0.25) is 0 Å². The number of rotatable bonds is 3. The lowest BCUT2D eigenvalue weighted by Crippen LogP contribution is -2.16. The third-order valence-corrected chi connectivity index (χ3v) is 3.94. The Balaban J connectivity index is 3.34. The normalized spacial score (nSPS) is 14.7.